The van der Waals surface area contributed by atoms with Gasteiger partial charge in [0.1, 0.15) is 0 Å². The molecule has 0 unspecified atom stereocenters. The van der Waals surface area contributed by atoms with E-state index >= 15 is 0 Å². The van der Waals surface area contributed by atoms with Crippen molar-refractivity contribution in [1.82, 2.24) is 0 Å². The SMILES string of the molecule is CC(C)[C@H](C)c1ccccc1S. The molecule has 0 heterocycles. The van der Waals surface area contributed by atoms with Crippen LogP contribution in [0.25, 0.3) is 0 Å². The van der Waals surface area contributed by atoms with Crippen molar-refractivity contribution in [2.24, 2.45) is 5.92 Å². The van der Waals surface area contributed by atoms with Crippen molar-refractivity contribution < 1.29 is 0 Å². The molecule has 1 rings (SSSR count). The van der Waals surface area contributed by atoms with Crippen molar-refractivity contribution >= 4 is 12.6 Å². The minimum Gasteiger partial charge on any atom is -0.143 e. The molecule has 1 aromatic carbocycles. The van der Waals surface area contributed by atoms with Crippen LogP contribution in [0.4, 0.5) is 0 Å². The van der Waals surface area contributed by atoms with Crippen LogP contribution < -0.4 is 0 Å². The first-order valence-electron chi connectivity index (χ1n) is 4.41. The average molecular weight is 180 g/mol. The summed E-state index contributed by atoms with van der Waals surface area (Å²) in [6.07, 6.45) is 0. The summed E-state index contributed by atoms with van der Waals surface area (Å²) in [6, 6.07) is 8.32. The Morgan fingerprint density at radius 2 is 1.67 bits per heavy atom. The van der Waals surface area contributed by atoms with Gasteiger partial charge >= 0.3 is 0 Å². The van der Waals surface area contributed by atoms with Crippen LogP contribution in [0.15, 0.2) is 29.2 Å². The summed E-state index contributed by atoms with van der Waals surface area (Å²) in [5, 5.41) is 0. The second-order valence-electron chi connectivity index (χ2n) is 3.59. The summed E-state index contributed by atoms with van der Waals surface area (Å²) in [5.74, 6) is 1.27. The summed E-state index contributed by atoms with van der Waals surface area (Å²) < 4.78 is 0. The molecule has 0 amide bonds. The predicted molar refractivity (Wildman–Crippen MR) is 56.9 cm³/mol. The summed E-state index contributed by atoms with van der Waals surface area (Å²) in [6.45, 7) is 6.73. The number of hydrogen-bond acceptors (Lipinski definition) is 1. The first-order chi connectivity index (χ1) is 5.63. The van der Waals surface area contributed by atoms with Gasteiger partial charge in [-0.1, -0.05) is 39.0 Å². The monoisotopic (exact) mass is 180 g/mol. The van der Waals surface area contributed by atoms with Crippen LogP contribution in [0.2, 0.25) is 0 Å². The van der Waals surface area contributed by atoms with Crippen LogP contribution in [0, 0.1) is 5.92 Å². The fourth-order valence-electron chi connectivity index (χ4n) is 1.23. The molecule has 0 bridgehead atoms. The molecule has 1 heteroatoms. The Hall–Kier alpha value is -0.430. The highest BCUT2D eigenvalue weighted by molar-refractivity contribution is 7.80. The van der Waals surface area contributed by atoms with E-state index in [-0.39, 0.29) is 0 Å². The van der Waals surface area contributed by atoms with E-state index in [1.54, 1.807) is 0 Å². The first-order valence-corrected chi connectivity index (χ1v) is 4.85. The zero-order chi connectivity index (χ0) is 9.14. The molecule has 12 heavy (non-hydrogen) atoms. The lowest BCUT2D eigenvalue weighted by atomic mass is 9.90. The van der Waals surface area contributed by atoms with Crippen molar-refractivity contribution in [3.8, 4) is 0 Å². The number of benzene rings is 1. The summed E-state index contributed by atoms with van der Waals surface area (Å²) in [7, 11) is 0. The molecule has 0 fully saturated rings. The van der Waals surface area contributed by atoms with Gasteiger partial charge in [-0.15, -0.1) is 12.6 Å². The number of rotatable bonds is 2. The third kappa shape index (κ3) is 2.04. The Morgan fingerprint density at radius 1 is 1.08 bits per heavy atom. The largest absolute Gasteiger partial charge is 0.143 e. The van der Waals surface area contributed by atoms with Crippen LogP contribution in [-0.2, 0) is 0 Å². The van der Waals surface area contributed by atoms with Crippen LogP contribution in [-0.4, -0.2) is 0 Å². The molecule has 0 N–H and O–H groups in total. The van der Waals surface area contributed by atoms with E-state index in [0.717, 1.165) is 4.90 Å². The molecule has 0 aromatic heterocycles. The Bertz CT molecular complexity index is 253. The van der Waals surface area contributed by atoms with Crippen molar-refractivity contribution in [2.75, 3.05) is 0 Å². The van der Waals surface area contributed by atoms with Crippen LogP contribution in [0.1, 0.15) is 32.3 Å². The van der Waals surface area contributed by atoms with Crippen LogP contribution >= 0.6 is 12.6 Å². The van der Waals surface area contributed by atoms with Gasteiger partial charge in [-0.05, 0) is 23.5 Å². The van der Waals surface area contributed by atoms with Crippen molar-refractivity contribution in [3.63, 3.8) is 0 Å². The minimum absolute atomic E-state index is 0.596. The third-order valence-electron chi connectivity index (χ3n) is 2.43. The minimum atomic E-state index is 0.596. The average Bonchev–Trinajstić information content (AvgIpc) is 2.04. The van der Waals surface area contributed by atoms with Crippen molar-refractivity contribution in [1.29, 1.82) is 0 Å². The van der Waals surface area contributed by atoms with Gasteiger partial charge in [0.25, 0.3) is 0 Å². The van der Waals surface area contributed by atoms with Gasteiger partial charge in [0.2, 0.25) is 0 Å². The van der Waals surface area contributed by atoms with Crippen molar-refractivity contribution in [2.45, 2.75) is 31.6 Å². The number of thiol groups is 1. The molecular weight excluding hydrogens is 164 g/mol. The predicted octanol–water partition coefficient (Wildman–Crippen LogP) is 3.73. The molecular formula is C11H16S. The van der Waals surface area contributed by atoms with Crippen LogP contribution in [0.5, 0.6) is 0 Å². The number of hydrogen-bond donors (Lipinski definition) is 1. The maximum absolute atomic E-state index is 4.43. The summed E-state index contributed by atoms with van der Waals surface area (Å²) in [5.41, 5.74) is 1.36. The summed E-state index contributed by atoms with van der Waals surface area (Å²) >= 11 is 4.43. The maximum Gasteiger partial charge on any atom is 0.00748 e. The fraction of sp³-hybridized carbons (Fsp3) is 0.455. The zero-order valence-corrected chi connectivity index (χ0v) is 8.81. The van der Waals surface area contributed by atoms with E-state index in [2.05, 4.69) is 51.6 Å². The highest BCUT2D eigenvalue weighted by atomic mass is 32.1. The Morgan fingerprint density at radius 3 is 2.17 bits per heavy atom. The van der Waals surface area contributed by atoms with E-state index in [0.29, 0.717) is 11.8 Å². The zero-order valence-electron chi connectivity index (χ0n) is 7.91. The maximum atomic E-state index is 4.43. The normalized spacial score (nSPS) is 13.4. The highest BCUT2D eigenvalue weighted by Crippen LogP contribution is 2.28. The second-order valence-corrected chi connectivity index (χ2v) is 4.07. The van der Waals surface area contributed by atoms with Gasteiger partial charge in [0, 0.05) is 4.90 Å². The quantitative estimate of drug-likeness (QED) is 0.659. The van der Waals surface area contributed by atoms with Gasteiger partial charge in [0.05, 0.1) is 0 Å². The van der Waals surface area contributed by atoms with Crippen LogP contribution in [0.3, 0.4) is 0 Å². The van der Waals surface area contributed by atoms with Gasteiger partial charge in [-0.3, -0.25) is 0 Å². The molecule has 0 spiro atoms. The third-order valence-corrected chi connectivity index (χ3v) is 2.83. The molecule has 0 saturated carbocycles. The van der Waals surface area contributed by atoms with Gasteiger partial charge in [-0.25, -0.2) is 0 Å². The molecule has 0 aliphatic rings. The lowest BCUT2D eigenvalue weighted by Gasteiger charge is -2.17. The fourth-order valence-corrected chi connectivity index (χ4v) is 1.60. The molecule has 1 aromatic rings. The van der Waals surface area contributed by atoms with E-state index in [4.69, 9.17) is 0 Å². The topological polar surface area (TPSA) is 0 Å². The Labute approximate surface area is 80.4 Å². The highest BCUT2D eigenvalue weighted by Gasteiger charge is 2.11. The van der Waals surface area contributed by atoms with Crippen molar-refractivity contribution in [3.05, 3.63) is 29.8 Å². The van der Waals surface area contributed by atoms with E-state index in [9.17, 15) is 0 Å². The van der Waals surface area contributed by atoms with Gasteiger partial charge < -0.3 is 0 Å². The molecule has 0 aliphatic carbocycles. The molecule has 0 aliphatic heterocycles. The summed E-state index contributed by atoms with van der Waals surface area (Å²) in [4.78, 5) is 1.11. The molecule has 1 atom stereocenters. The molecule has 66 valence electrons. The Balaban J connectivity index is 2.94. The standard InChI is InChI=1S/C11H16S/c1-8(2)9(3)10-6-4-5-7-11(10)12/h4-9,12H,1-3H3/t9-/m0/s1. The smallest absolute Gasteiger partial charge is 0.00748 e. The Kier molecular flexibility index (Phi) is 3.21. The lowest BCUT2D eigenvalue weighted by molar-refractivity contribution is 0.529. The molecule has 0 radical (unpaired) electrons. The molecule has 0 nitrogen and oxygen atoms in total. The van der Waals surface area contributed by atoms with Gasteiger partial charge in [0.15, 0.2) is 0 Å². The van der Waals surface area contributed by atoms with Gasteiger partial charge in [-0.2, -0.15) is 0 Å². The second kappa shape index (κ2) is 3.99. The first kappa shape index (κ1) is 9.66. The van der Waals surface area contributed by atoms with E-state index in [1.165, 1.54) is 5.56 Å². The van der Waals surface area contributed by atoms with E-state index in [1.807, 2.05) is 6.07 Å². The lowest BCUT2D eigenvalue weighted by Crippen LogP contribution is -2.02. The van der Waals surface area contributed by atoms with E-state index < -0.39 is 0 Å². The molecule has 0 saturated heterocycles.